The van der Waals surface area contributed by atoms with Gasteiger partial charge in [-0.15, -0.1) is 0 Å². The summed E-state index contributed by atoms with van der Waals surface area (Å²) < 4.78 is 22.9. The third-order valence-corrected chi connectivity index (χ3v) is 4.08. The van der Waals surface area contributed by atoms with E-state index in [1.807, 2.05) is 0 Å². The monoisotopic (exact) mass is 274 g/mol. The summed E-state index contributed by atoms with van der Waals surface area (Å²) in [6.07, 6.45) is -3.42. The Morgan fingerprint density at radius 3 is 1.47 bits per heavy atom. The smallest absolute Gasteiger partial charge is 0.164 e. The molecule has 2 heterocycles. The Kier molecular flexibility index (Phi) is 2.67. The summed E-state index contributed by atoms with van der Waals surface area (Å²) in [6, 6.07) is 0. The minimum Gasteiger partial charge on any atom is -0.387 e. The molecule has 110 valence electrons. The molecule has 2 aliphatic heterocycles. The molecule has 1 saturated carbocycles. The fourth-order valence-electron chi connectivity index (χ4n) is 3.33. The van der Waals surface area contributed by atoms with Crippen molar-refractivity contribution >= 4 is 0 Å². The average molecular weight is 274 g/mol. The highest BCUT2D eigenvalue weighted by Crippen LogP contribution is 2.48. The van der Waals surface area contributed by atoms with Crippen LogP contribution in [0.3, 0.4) is 0 Å². The molecule has 6 atom stereocenters. The molecule has 0 radical (unpaired) electrons. The molecule has 0 aromatic carbocycles. The normalized spacial score (nSPS) is 54.8. The van der Waals surface area contributed by atoms with Crippen LogP contribution in [-0.2, 0) is 18.9 Å². The van der Waals surface area contributed by atoms with Crippen molar-refractivity contribution in [2.24, 2.45) is 0 Å². The van der Waals surface area contributed by atoms with Crippen LogP contribution < -0.4 is 0 Å². The van der Waals surface area contributed by atoms with Gasteiger partial charge >= 0.3 is 0 Å². The Balaban J connectivity index is 1.96. The third kappa shape index (κ3) is 1.93. The molecule has 19 heavy (non-hydrogen) atoms. The Morgan fingerprint density at radius 1 is 0.737 bits per heavy atom. The van der Waals surface area contributed by atoms with Crippen LogP contribution in [0.4, 0.5) is 0 Å². The molecule has 0 aromatic heterocycles. The second-order valence-electron chi connectivity index (χ2n) is 6.76. The first-order chi connectivity index (χ1) is 8.54. The van der Waals surface area contributed by atoms with Crippen LogP contribution in [0.25, 0.3) is 0 Å². The van der Waals surface area contributed by atoms with Gasteiger partial charge in [0, 0.05) is 0 Å². The van der Waals surface area contributed by atoms with E-state index in [1.165, 1.54) is 0 Å². The maximum atomic E-state index is 10.8. The molecule has 3 aliphatic rings. The Morgan fingerprint density at radius 2 is 1.11 bits per heavy atom. The van der Waals surface area contributed by atoms with E-state index in [2.05, 4.69) is 0 Å². The number of fused-ring (bicyclic) bond motifs is 2. The molecule has 6 nitrogen and oxygen atoms in total. The van der Waals surface area contributed by atoms with Gasteiger partial charge < -0.3 is 29.2 Å². The quantitative estimate of drug-likeness (QED) is 0.655. The summed E-state index contributed by atoms with van der Waals surface area (Å²) >= 11 is 0. The molecule has 2 N–H and O–H groups in total. The number of hydrogen-bond donors (Lipinski definition) is 2. The minimum absolute atomic E-state index is 0.622. The fraction of sp³-hybridized carbons (Fsp3) is 1.00. The molecular weight excluding hydrogens is 252 g/mol. The van der Waals surface area contributed by atoms with E-state index >= 15 is 0 Å². The van der Waals surface area contributed by atoms with Crippen LogP contribution in [0.2, 0.25) is 0 Å². The largest absolute Gasteiger partial charge is 0.387 e. The van der Waals surface area contributed by atoms with Crippen LogP contribution in [0.15, 0.2) is 0 Å². The molecule has 3 fully saturated rings. The summed E-state index contributed by atoms with van der Waals surface area (Å²) in [5.41, 5.74) is -1.28. The van der Waals surface area contributed by atoms with Crippen molar-refractivity contribution < 1.29 is 29.2 Å². The lowest BCUT2D eigenvalue weighted by Gasteiger charge is -2.45. The first kappa shape index (κ1) is 13.7. The number of ether oxygens (including phenoxy) is 4. The molecule has 2 unspecified atom stereocenters. The SMILES string of the molecule is CC1(C)O[C@@H]2C(O)[C@@H]3OC(C)(C)O[C@H]3C(C)(O)[C@@H]2O1. The summed E-state index contributed by atoms with van der Waals surface area (Å²) in [5.74, 6) is -1.68. The van der Waals surface area contributed by atoms with Gasteiger partial charge in [-0.2, -0.15) is 0 Å². The van der Waals surface area contributed by atoms with Crippen molar-refractivity contribution in [2.75, 3.05) is 0 Å². The van der Waals surface area contributed by atoms with Gasteiger partial charge in [0.15, 0.2) is 11.6 Å². The number of aliphatic hydroxyl groups excluding tert-OH is 1. The van der Waals surface area contributed by atoms with E-state index in [4.69, 9.17) is 18.9 Å². The van der Waals surface area contributed by atoms with Crippen molar-refractivity contribution in [3.05, 3.63) is 0 Å². The van der Waals surface area contributed by atoms with Crippen LogP contribution in [0, 0.1) is 0 Å². The van der Waals surface area contributed by atoms with Gasteiger partial charge in [0.1, 0.15) is 36.1 Å². The Hall–Kier alpha value is -0.240. The third-order valence-electron chi connectivity index (χ3n) is 4.08. The molecule has 1 aliphatic carbocycles. The van der Waals surface area contributed by atoms with Crippen molar-refractivity contribution in [1.82, 2.24) is 0 Å². The molecule has 0 spiro atoms. The predicted molar refractivity (Wildman–Crippen MR) is 64.3 cm³/mol. The van der Waals surface area contributed by atoms with E-state index in [9.17, 15) is 10.2 Å². The molecule has 3 rings (SSSR count). The van der Waals surface area contributed by atoms with E-state index in [0.717, 1.165) is 0 Å². The standard InChI is InChI=1S/C13H22O6/c1-11(2)16-7-6(14)8-10(19-12(3,4)17-8)13(5,15)9(7)18-11/h6-10,14-15H,1-5H3/t6?,7-,8+,9-,10-,13?/m1/s1. The van der Waals surface area contributed by atoms with Gasteiger partial charge in [0.05, 0.1) is 0 Å². The van der Waals surface area contributed by atoms with Gasteiger partial charge in [-0.25, -0.2) is 0 Å². The van der Waals surface area contributed by atoms with Crippen LogP contribution in [0.1, 0.15) is 34.6 Å². The highest BCUT2D eigenvalue weighted by Gasteiger charge is 2.67. The van der Waals surface area contributed by atoms with E-state index in [1.54, 1.807) is 34.6 Å². The first-order valence-corrected chi connectivity index (χ1v) is 6.65. The van der Waals surface area contributed by atoms with Crippen molar-refractivity contribution in [1.29, 1.82) is 0 Å². The minimum atomic E-state index is -1.28. The fourth-order valence-corrected chi connectivity index (χ4v) is 3.33. The summed E-state index contributed by atoms with van der Waals surface area (Å²) in [5, 5.41) is 21.2. The van der Waals surface area contributed by atoms with Crippen molar-refractivity contribution in [2.45, 2.75) is 82.3 Å². The van der Waals surface area contributed by atoms with E-state index in [0.29, 0.717) is 0 Å². The van der Waals surface area contributed by atoms with Crippen LogP contribution >= 0.6 is 0 Å². The summed E-state index contributed by atoms with van der Waals surface area (Å²) in [4.78, 5) is 0. The number of hydrogen-bond acceptors (Lipinski definition) is 6. The van der Waals surface area contributed by atoms with Gasteiger partial charge in [-0.3, -0.25) is 0 Å². The lowest BCUT2D eigenvalue weighted by Crippen LogP contribution is -2.67. The maximum absolute atomic E-state index is 10.8. The van der Waals surface area contributed by atoms with Crippen molar-refractivity contribution in [3.63, 3.8) is 0 Å². The van der Waals surface area contributed by atoms with E-state index in [-0.39, 0.29) is 0 Å². The van der Waals surface area contributed by atoms with Crippen LogP contribution in [0.5, 0.6) is 0 Å². The highest BCUT2D eigenvalue weighted by molar-refractivity contribution is 5.13. The van der Waals surface area contributed by atoms with E-state index < -0.39 is 47.7 Å². The van der Waals surface area contributed by atoms with Gasteiger partial charge in [0.25, 0.3) is 0 Å². The lowest BCUT2D eigenvalue weighted by atomic mass is 9.76. The van der Waals surface area contributed by atoms with Gasteiger partial charge in [-0.05, 0) is 34.6 Å². The molecule has 0 aromatic rings. The second kappa shape index (κ2) is 3.69. The molecule has 2 saturated heterocycles. The molecule has 0 amide bonds. The molecule has 0 bridgehead atoms. The Labute approximate surface area is 112 Å². The predicted octanol–water partition coefficient (Wildman–Crippen LogP) is 0.152. The second-order valence-corrected chi connectivity index (χ2v) is 6.76. The summed E-state index contributed by atoms with van der Waals surface area (Å²) in [6.45, 7) is 8.68. The zero-order valence-electron chi connectivity index (χ0n) is 11.9. The average Bonchev–Trinajstić information content (AvgIpc) is 2.74. The topological polar surface area (TPSA) is 77.4 Å². The van der Waals surface area contributed by atoms with Gasteiger partial charge in [-0.1, -0.05) is 0 Å². The zero-order chi connectivity index (χ0) is 14.2. The lowest BCUT2D eigenvalue weighted by molar-refractivity contribution is -0.212. The van der Waals surface area contributed by atoms with Gasteiger partial charge in [0.2, 0.25) is 0 Å². The zero-order valence-corrected chi connectivity index (χ0v) is 11.9. The molecular formula is C13H22O6. The first-order valence-electron chi connectivity index (χ1n) is 6.65. The highest BCUT2D eigenvalue weighted by atomic mass is 16.8. The molecule has 6 heteroatoms. The number of aliphatic hydroxyl groups is 2. The van der Waals surface area contributed by atoms with Crippen molar-refractivity contribution in [3.8, 4) is 0 Å². The number of rotatable bonds is 0. The maximum Gasteiger partial charge on any atom is 0.164 e. The Bertz CT molecular complexity index is 357. The summed E-state index contributed by atoms with van der Waals surface area (Å²) in [7, 11) is 0. The van der Waals surface area contributed by atoms with Crippen LogP contribution in [-0.4, -0.2) is 57.9 Å².